The van der Waals surface area contributed by atoms with Crippen LogP contribution in [-0.4, -0.2) is 52.9 Å². The highest BCUT2D eigenvalue weighted by Gasteiger charge is 2.22. The molecule has 29 heavy (non-hydrogen) atoms. The summed E-state index contributed by atoms with van der Waals surface area (Å²) in [6, 6.07) is 10.1. The van der Waals surface area contributed by atoms with E-state index >= 15 is 0 Å². The van der Waals surface area contributed by atoms with Crippen molar-refractivity contribution in [2.24, 2.45) is 0 Å². The number of carbonyl (C=O) groups is 1. The predicted molar refractivity (Wildman–Crippen MR) is 112 cm³/mol. The monoisotopic (exact) mass is 395 g/mol. The standard InChI is InChI=1S/C22H26FN5O/c1-3-26-10-12-27(13-11-26)20-8-7-17(23)14-18(20)16(2)24-22(29)19-15-28-9-5-4-6-21(28)25-19/h4-9,14-16H,3,10-13H2,1-2H3,(H,24,29). The first kappa shape index (κ1) is 19.4. The summed E-state index contributed by atoms with van der Waals surface area (Å²) in [5.41, 5.74) is 2.82. The van der Waals surface area contributed by atoms with Gasteiger partial charge in [-0.05, 0) is 43.8 Å². The van der Waals surface area contributed by atoms with Gasteiger partial charge in [-0.2, -0.15) is 0 Å². The zero-order chi connectivity index (χ0) is 20.4. The largest absolute Gasteiger partial charge is 0.369 e. The number of benzene rings is 1. The van der Waals surface area contributed by atoms with E-state index in [9.17, 15) is 9.18 Å². The molecule has 0 spiro atoms. The van der Waals surface area contributed by atoms with E-state index in [-0.39, 0.29) is 17.8 Å². The predicted octanol–water partition coefficient (Wildman–Crippen LogP) is 3.11. The highest BCUT2D eigenvalue weighted by molar-refractivity contribution is 5.93. The molecule has 6 nitrogen and oxygen atoms in total. The van der Waals surface area contributed by atoms with Crippen molar-refractivity contribution < 1.29 is 9.18 Å². The molecular formula is C22H26FN5O. The molecule has 1 saturated heterocycles. The highest BCUT2D eigenvalue weighted by atomic mass is 19.1. The molecular weight excluding hydrogens is 369 g/mol. The maximum atomic E-state index is 14.0. The molecule has 1 N–H and O–H groups in total. The van der Waals surface area contributed by atoms with Crippen molar-refractivity contribution >= 4 is 17.2 Å². The number of nitrogens with one attached hydrogen (secondary N) is 1. The number of pyridine rings is 1. The normalized spacial score (nSPS) is 16.2. The van der Waals surface area contributed by atoms with Gasteiger partial charge in [0.05, 0.1) is 6.04 Å². The average Bonchev–Trinajstić information content (AvgIpc) is 3.18. The number of imidazole rings is 1. The SMILES string of the molecule is CCN1CCN(c2ccc(F)cc2C(C)NC(=O)c2cn3ccccc3n2)CC1. The molecule has 3 aromatic rings. The average molecular weight is 395 g/mol. The molecule has 1 atom stereocenters. The Balaban J connectivity index is 1.54. The number of carbonyl (C=O) groups excluding carboxylic acids is 1. The number of anilines is 1. The number of piperazine rings is 1. The second-order valence-electron chi connectivity index (χ2n) is 7.41. The van der Waals surface area contributed by atoms with E-state index in [0.717, 1.165) is 44.0 Å². The van der Waals surface area contributed by atoms with Gasteiger partial charge in [0.15, 0.2) is 0 Å². The molecule has 2 aromatic heterocycles. The van der Waals surface area contributed by atoms with Crippen LogP contribution in [0.2, 0.25) is 0 Å². The minimum absolute atomic E-state index is 0.271. The van der Waals surface area contributed by atoms with Crippen LogP contribution in [0.1, 0.15) is 35.9 Å². The Hall–Kier alpha value is -2.93. The highest BCUT2D eigenvalue weighted by Crippen LogP contribution is 2.28. The number of hydrogen-bond acceptors (Lipinski definition) is 4. The van der Waals surface area contributed by atoms with Gasteiger partial charge in [-0.15, -0.1) is 0 Å². The van der Waals surface area contributed by atoms with E-state index in [0.29, 0.717) is 11.3 Å². The minimum Gasteiger partial charge on any atom is -0.369 e. The zero-order valence-corrected chi connectivity index (χ0v) is 16.8. The Morgan fingerprint density at radius 1 is 1.21 bits per heavy atom. The first-order valence-corrected chi connectivity index (χ1v) is 10.1. The molecule has 1 aliphatic heterocycles. The van der Waals surface area contributed by atoms with Gasteiger partial charge >= 0.3 is 0 Å². The quantitative estimate of drug-likeness (QED) is 0.721. The van der Waals surface area contributed by atoms with E-state index in [4.69, 9.17) is 0 Å². The Kier molecular flexibility index (Phi) is 5.49. The lowest BCUT2D eigenvalue weighted by atomic mass is 10.0. The summed E-state index contributed by atoms with van der Waals surface area (Å²) in [7, 11) is 0. The molecule has 0 radical (unpaired) electrons. The third-order valence-corrected chi connectivity index (χ3v) is 5.56. The lowest BCUT2D eigenvalue weighted by Crippen LogP contribution is -2.46. The van der Waals surface area contributed by atoms with Gasteiger partial charge in [0.2, 0.25) is 0 Å². The summed E-state index contributed by atoms with van der Waals surface area (Å²) in [4.78, 5) is 21.8. The Labute approximate surface area is 170 Å². The van der Waals surface area contributed by atoms with E-state index in [2.05, 4.69) is 27.0 Å². The van der Waals surface area contributed by atoms with Crippen molar-refractivity contribution in [3.8, 4) is 0 Å². The molecule has 4 rings (SSSR count). The molecule has 1 amide bonds. The van der Waals surface area contributed by atoms with Crippen LogP contribution >= 0.6 is 0 Å². The Bertz CT molecular complexity index is 976. The second kappa shape index (κ2) is 8.21. The third-order valence-electron chi connectivity index (χ3n) is 5.56. The van der Waals surface area contributed by atoms with Crippen molar-refractivity contribution in [3.63, 3.8) is 0 Å². The maximum absolute atomic E-state index is 14.0. The van der Waals surface area contributed by atoms with Crippen LogP contribution in [0.25, 0.3) is 5.65 Å². The van der Waals surface area contributed by atoms with Gasteiger partial charge in [-0.3, -0.25) is 4.79 Å². The topological polar surface area (TPSA) is 52.9 Å². The van der Waals surface area contributed by atoms with Crippen molar-refractivity contribution in [1.29, 1.82) is 0 Å². The molecule has 0 bridgehead atoms. The van der Waals surface area contributed by atoms with Crippen LogP contribution in [-0.2, 0) is 0 Å². The van der Waals surface area contributed by atoms with E-state index < -0.39 is 0 Å². The summed E-state index contributed by atoms with van der Waals surface area (Å²) in [6.45, 7) is 8.82. The molecule has 152 valence electrons. The number of nitrogens with zero attached hydrogens (tertiary/aromatic N) is 4. The Morgan fingerprint density at radius 2 is 2.00 bits per heavy atom. The number of fused-ring (bicyclic) bond motifs is 1. The van der Waals surface area contributed by atoms with Crippen LogP contribution < -0.4 is 10.2 Å². The van der Waals surface area contributed by atoms with Gasteiger partial charge in [-0.1, -0.05) is 13.0 Å². The summed E-state index contributed by atoms with van der Waals surface area (Å²) in [6.07, 6.45) is 3.55. The fraction of sp³-hybridized carbons (Fsp3) is 0.364. The van der Waals surface area contributed by atoms with Crippen LogP contribution in [0.4, 0.5) is 10.1 Å². The lowest BCUT2D eigenvalue weighted by Gasteiger charge is -2.37. The third kappa shape index (κ3) is 4.10. The second-order valence-corrected chi connectivity index (χ2v) is 7.41. The molecule has 1 unspecified atom stereocenters. The van der Waals surface area contributed by atoms with Gasteiger partial charge in [0, 0.05) is 49.8 Å². The molecule has 1 fully saturated rings. The van der Waals surface area contributed by atoms with E-state index in [1.54, 1.807) is 10.6 Å². The van der Waals surface area contributed by atoms with Crippen molar-refractivity contribution in [3.05, 3.63) is 65.9 Å². The number of aromatic nitrogens is 2. The Morgan fingerprint density at radius 3 is 2.72 bits per heavy atom. The molecule has 3 heterocycles. The van der Waals surface area contributed by atoms with Gasteiger partial charge in [-0.25, -0.2) is 9.37 Å². The van der Waals surface area contributed by atoms with Gasteiger partial charge in [0.1, 0.15) is 17.2 Å². The van der Waals surface area contributed by atoms with Crippen molar-refractivity contribution in [1.82, 2.24) is 19.6 Å². The van der Waals surface area contributed by atoms with Crippen LogP contribution in [0.15, 0.2) is 48.8 Å². The number of halogens is 1. The molecule has 0 aliphatic carbocycles. The number of amides is 1. The van der Waals surface area contributed by atoms with Crippen LogP contribution in [0.3, 0.4) is 0 Å². The molecule has 0 saturated carbocycles. The maximum Gasteiger partial charge on any atom is 0.271 e. The van der Waals surface area contributed by atoms with Gasteiger partial charge in [0.25, 0.3) is 5.91 Å². The minimum atomic E-state index is -0.345. The number of hydrogen-bond donors (Lipinski definition) is 1. The van der Waals surface area contributed by atoms with Gasteiger partial charge < -0.3 is 19.5 Å². The molecule has 1 aliphatic rings. The molecule has 1 aromatic carbocycles. The lowest BCUT2D eigenvalue weighted by molar-refractivity contribution is 0.0935. The van der Waals surface area contributed by atoms with E-state index in [1.165, 1.54) is 12.1 Å². The van der Waals surface area contributed by atoms with E-state index in [1.807, 2.05) is 37.4 Å². The fourth-order valence-electron chi connectivity index (χ4n) is 3.86. The first-order valence-electron chi connectivity index (χ1n) is 10.1. The smallest absolute Gasteiger partial charge is 0.271 e. The fourth-order valence-corrected chi connectivity index (χ4v) is 3.86. The van der Waals surface area contributed by atoms with Crippen molar-refractivity contribution in [2.75, 3.05) is 37.6 Å². The summed E-state index contributed by atoms with van der Waals surface area (Å²) < 4.78 is 15.8. The number of likely N-dealkylation sites (N-methyl/N-ethyl adjacent to an activating group) is 1. The first-order chi connectivity index (χ1) is 14.0. The summed E-state index contributed by atoms with van der Waals surface area (Å²) in [5, 5.41) is 2.98. The summed E-state index contributed by atoms with van der Waals surface area (Å²) >= 11 is 0. The van der Waals surface area contributed by atoms with Crippen molar-refractivity contribution in [2.45, 2.75) is 19.9 Å². The van der Waals surface area contributed by atoms with Crippen LogP contribution in [0.5, 0.6) is 0 Å². The zero-order valence-electron chi connectivity index (χ0n) is 16.8. The van der Waals surface area contributed by atoms with Crippen LogP contribution in [0, 0.1) is 5.82 Å². The molecule has 7 heteroatoms. The number of rotatable bonds is 5. The summed E-state index contributed by atoms with van der Waals surface area (Å²) in [5.74, 6) is -0.572.